The number of carbonyl (C=O) groups is 2. The molecule has 0 radical (unpaired) electrons. The van der Waals surface area contributed by atoms with E-state index in [-0.39, 0.29) is 11.8 Å². The van der Waals surface area contributed by atoms with Gasteiger partial charge in [0.05, 0.1) is 0 Å². The zero-order valence-electron chi connectivity index (χ0n) is 11.9. The summed E-state index contributed by atoms with van der Waals surface area (Å²) in [5.41, 5.74) is -0.429. The van der Waals surface area contributed by atoms with Crippen molar-refractivity contribution in [3.05, 3.63) is 35.9 Å². The van der Waals surface area contributed by atoms with Crippen LogP contribution in [0.3, 0.4) is 0 Å². The molecule has 19 heavy (non-hydrogen) atoms. The number of ether oxygens (including phenoxy) is 1. The number of carbonyl (C=O) groups excluding carboxylic acids is 2. The molecule has 0 amide bonds. The predicted molar refractivity (Wildman–Crippen MR) is 74.7 cm³/mol. The van der Waals surface area contributed by atoms with E-state index in [1.54, 1.807) is 6.92 Å². The van der Waals surface area contributed by atoms with Crippen LogP contribution >= 0.6 is 0 Å². The lowest BCUT2D eigenvalue weighted by atomic mass is 9.89. The van der Waals surface area contributed by atoms with Crippen molar-refractivity contribution < 1.29 is 14.3 Å². The van der Waals surface area contributed by atoms with E-state index in [2.05, 4.69) is 0 Å². The molecule has 3 heteroatoms. The van der Waals surface area contributed by atoms with Gasteiger partial charge in [0.2, 0.25) is 0 Å². The summed E-state index contributed by atoms with van der Waals surface area (Å²) < 4.78 is 5.49. The summed E-state index contributed by atoms with van der Waals surface area (Å²) in [5.74, 6) is -0.371. The van der Waals surface area contributed by atoms with E-state index in [1.807, 2.05) is 44.2 Å². The number of Topliss-reactive ketones (excluding diaryl/α,β-unsaturated/α-hetero) is 1. The molecule has 3 nitrogen and oxygen atoms in total. The Morgan fingerprint density at radius 2 is 1.63 bits per heavy atom. The fourth-order valence-electron chi connectivity index (χ4n) is 1.98. The zero-order valence-corrected chi connectivity index (χ0v) is 11.9. The first kappa shape index (κ1) is 15.4. The Morgan fingerprint density at radius 1 is 1.05 bits per heavy atom. The van der Waals surface area contributed by atoms with Crippen LogP contribution in [0, 0.1) is 0 Å². The Morgan fingerprint density at radius 3 is 2.16 bits per heavy atom. The van der Waals surface area contributed by atoms with E-state index >= 15 is 0 Å². The summed E-state index contributed by atoms with van der Waals surface area (Å²) in [5, 5.41) is 0. The predicted octanol–water partition coefficient (Wildman–Crippen LogP) is 3.61. The molecule has 0 aliphatic carbocycles. The molecule has 0 aliphatic rings. The van der Waals surface area contributed by atoms with Crippen molar-refractivity contribution in [3.8, 4) is 0 Å². The van der Waals surface area contributed by atoms with Gasteiger partial charge in [0.15, 0.2) is 11.4 Å². The molecule has 1 unspecified atom stereocenters. The van der Waals surface area contributed by atoms with Gasteiger partial charge in [-0.2, -0.15) is 0 Å². The molecular formula is C16H22O3. The lowest BCUT2D eigenvalue weighted by Gasteiger charge is -2.28. The second kappa shape index (κ2) is 7.07. The Balaban J connectivity index is 3.03. The van der Waals surface area contributed by atoms with Crippen LogP contribution in [0.1, 0.15) is 52.0 Å². The molecule has 0 aromatic heterocycles. The minimum Gasteiger partial charge on any atom is -0.446 e. The Kier molecular flexibility index (Phi) is 5.74. The van der Waals surface area contributed by atoms with Gasteiger partial charge in [0, 0.05) is 18.4 Å². The third kappa shape index (κ3) is 3.91. The average Bonchev–Trinajstić information content (AvgIpc) is 2.40. The van der Waals surface area contributed by atoms with Gasteiger partial charge in [-0.05, 0) is 19.8 Å². The maximum Gasteiger partial charge on any atom is 0.307 e. The molecule has 1 aromatic carbocycles. The van der Waals surface area contributed by atoms with Crippen molar-refractivity contribution in [2.45, 2.75) is 52.1 Å². The monoisotopic (exact) mass is 262 g/mol. The summed E-state index contributed by atoms with van der Waals surface area (Å²) in [6.45, 7) is 5.54. The smallest absolute Gasteiger partial charge is 0.307 e. The van der Waals surface area contributed by atoms with Gasteiger partial charge in [-0.3, -0.25) is 9.59 Å². The zero-order chi connectivity index (χ0) is 14.3. The summed E-state index contributed by atoms with van der Waals surface area (Å²) in [4.78, 5) is 24.1. The molecule has 0 saturated heterocycles. The maximum absolute atomic E-state index is 12.3. The van der Waals surface area contributed by atoms with Crippen molar-refractivity contribution >= 4 is 11.8 Å². The summed E-state index contributed by atoms with van der Waals surface area (Å²) in [6.07, 6.45) is 2.20. The van der Waals surface area contributed by atoms with Crippen LogP contribution in [0.25, 0.3) is 0 Å². The third-order valence-corrected chi connectivity index (χ3v) is 3.11. The van der Waals surface area contributed by atoms with Crippen molar-refractivity contribution in [1.29, 1.82) is 0 Å². The first-order chi connectivity index (χ1) is 9.04. The van der Waals surface area contributed by atoms with Crippen LogP contribution in [0.2, 0.25) is 0 Å². The number of benzene rings is 1. The topological polar surface area (TPSA) is 43.4 Å². The molecule has 0 fully saturated rings. The molecule has 1 atom stereocenters. The van der Waals surface area contributed by atoms with E-state index < -0.39 is 5.60 Å². The number of rotatable bonds is 7. The van der Waals surface area contributed by atoms with Crippen molar-refractivity contribution in [1.82, 2.24) is 0 Å². The second-order valence-electron chi connectivity index (χ2n) is 4.80. The highest BCUT2D eigenvalue weighted by atomic mass is 16.6. The summed E-state index contributed by atoms with van der Waals surface area (Å²) >= 11 is 0. The van der Waals surface area contributed by atoms with Crippen molar-refractivity contribution in [2.75, 3.05) is 0 Å². The van der Waals surface area contributed by atoms with Crippen LogP contribution in [0.4, 0.5) is 0 Å². The number of hydrogen-bond donors (Lipinski definition) is 0. The minimum absolute atomic E-state index is 0.0503. The quantitative estimate of drug-likeness (QED) is 0.705. The van der Waals surface area contributed by atoms with Gasteiger partial charge in [-0.25, -0.2) is 0 Å². The molecule has 104 valence electrons. The largest absolute Gasteiger partial charge is 0.446 e. The van der Waals surface area contributed by atoms with E-state index in [9.17, 15) is 9.59 Å². The molecule has 1 rings (SSSR count). The van der Waals surface area contributed by atoms with Crippen LogP contribution in [0.15, 0.2) is 30.3 Å². The van der Waals surface area contributed by atoms with Gasteiger partial charge in [0.1, 0.15) is 0 Å². The van der Waals surface area contributed by atoms with Crippen molar-refractivity contribution in [2.24, 2.45) is 0 Å². The lowest BCUT2D eigenvalue weighted by Crippen LogP contribution is -2.37. The Labute approximate surface area is 115 Å². The van der Waals surface area contributed by atoms with Crippen LogP contribution < -0.4 is 0 Å². The molecule has 0 saturated carbocycles. The highest BCUT2D eigenvalue weighted by Gasteiger charge is 2.37. The van der Waals surface area contributed by atoms with E-state index in [1.165, 1.54) is 0 Å². The van der Waals surface area contributed by atoms with E-state index in [4.69, 9.17) is 4.74 Å². The van der Waals surface area contributed by atoms with Gasteiger partial charge in [-0.15, -0.1) is 0 Å². The highest BCUT2D eigenvalue weighted by Crippen LogP contribution is 2.29. The highest BCUT2D eigenvalue weighted by molar-refractivity contribution is 5.90. The van der Waals surface area contributed by atoms with Crippen LogP contribution in [-0.2, 0) is 19.9 Å². The fourth-order valence-corrected chi connectivity index (χ4v) is 1.98. The lowest BCUT2D eigenvalue weighted by molar-refractivity contribution is -0.167. The van der Waals surface area contributed by atoms with Crippen molar-refractivity contribution in [3.63, 3.8) is 0 Å². The Bertz CT molecular complexity index is 425. The summed E-state index contributed by atoms with van der Waals surface area (Å²) in [6, 6.07) is 9.22. The van der Waals surface area contributed by atoms with Gasteiger partial charge in [0.25, 0.3) is 0 Å². The fraction of sp³-hybridized carbons (Fsp3) is 0.500. The van der Waals surface area contributed by atoms with Crippen LogP contribution in [0.5, 0.6) is 0 Å². The third-order valence-electron chi connectivity index (χ3n) is 3.11. The van der Waals surface area contributed by atoms with Crippen LogP contribution in [-0.4, -0.2) is 11.8 Å². The molecule has 0 N–H and O–H groups in total. The number of hydrogen-bond acceptors (Lipinski definition) is 3. The summed E-state index contributed by atoms with van der Waals surface area (Å²) in [7, 11) is 0. The first-order valence-corrected chi connectivity index (χ1v) is 6.85. The Hall–Kier alpha value is -1.64. The van der Waals surface area contributed by atoms with Gasteiger partial charge in [-0.1, -0.05) is 44.2 Å². The second-order valence-corrected chi connectivity index (χ2v) is 4.80. The number of esters is 1. The molecular weight excluding hydrogens is 240 g/mol. The minimum atomic E-state index is -1.16. The van der Waals surface area contributed by atoms with E-state index in [0.29, 0.717) is 19.3 Å². The molecule has 0 spiro atoms. The molecule has 0 bridgehead atoms. The molecule has 0 aliphatic heterocycles. The van der Waals surface area contributed by atoms with Gasteiger partial charge >= 0.3 is 5.97 Å². The van der Waals surface area contributed by atoms with Gasteiger partial charge < -0.3 is 4.74 Å². The molecule has 0 heterocycles. The molecule has 1 aromatic rings. The normalized spacial score (nSPS) is 13.6. The van der Waals surface area contributed by atoms with E-state index in [0.717, 1.165) is 12.0 Å². The number of ketones is 1. The SMILES string of the molecule is CCCC(=O)OC(C)(C(=O)CCC)c1ccccc1. The maximum atomic E-state index is 12.3. The average molecular weight is 262 g/mol. The first-order valence-electron chi connectivity index (χ1n) is 6.85. The standard InChI is InChI=1S/C16H22O3/c1-4-9-14(17)16(3,19-15(18)10-5-2)13-11-7-6-8-12-13/h6-8,11-12H,4-5,9-10H2,1-3H3.